The predicted octanol–water partition coefficient (Wildman–Crippen LogP) is 2.81. The Balaban J connectivity index is 1.51. The van der Waals surface area contributed by atoms with Crippen LogP contribution in [0.5, 0.6) is 11.5 Å². The molecule has 4 rings (SSSR count). The number of benzene rings is 1. The van der Waals surface area contributed by atoms with E-state index in [0.29, 0.717) is 47.3 Å². The lowest BCUT2D eigenvalue weighted by Gasteiger charge is -2.34. The van der Waals surface area contributed by atoms with E-state index in [1.54, 1.807) is 27.2 Å². The van der Waals surface area contributed by atoms with Gasteiger partial charge in [0.05, 0.1) is 25.9 Å². The zero-order valence-electron chi connectivity index (χ0n) is 22.3. The van der Waals surface area contributed by atoms with Gasteiger partial charge in [0.1, 0.15) is 16.3 Å². The number of methoxy groups -OCH3 is 2. The van der Waals surface area contributed by atoms with Crippen LogP contribution in [-0.2, 0) is 27.8 Å². The van der Waals surface area contributed by atoms with Crippen molar-refractivity contribution < 1.29 is 22.7 Å². The standard InChI is InChI=1S/C26H34N4O6S2/c1-16-10-17(2)13-30(12-16)38(33,34)24-18(3)37-25-23(24)26(32)29(15-28-25)14-22(31)27-9-8-19-6-7-20(35-4)21(11-19)36-5/h6-7,11,15-17H,8-10,12-14H2,1-5H3,(H,27,31). The number of thiophene rings is 1. The quantitative estimate of drug-likeness (QED) is 0.426. The highest BCUT2D eigenvalue weighted by Gasteiger charge is 2.35. The topological polar surface area (TPSA) is 120 Å². The Hall–Kier alpha value is -2.96. The summed E-state index contributed by atoms with van der Waals surface area (Å²) in [6.45, 7) is 6.69. The molecule has 2 unspecified atom stereocenters. The maximum atomic E-state index is 13.7. The van der Waals surface area contributed by atoms with Crippen molar-refractivity contribution in [2.75, 3.05) is 33.9 Å². The number of aromatic nitrogens is 2. The third kappa shape index (κ3) is 5.71. The normalized spacial score (nSPS) is 18.4. The SMILES string of the molecule is COc1ccc(CCNC(=O)Cn2cnc3sc(C)c(S(=O)(=O)N4CC(C)CC(C)C4)c3c2=O)cc1OC. The van der Waals surface area contributed by atoms with Gasteiger partial charge >= 0.3 is 0 Å². The number of hydrogen-bond donors (Lipinski definition) is 1. The van der Waals surface area contributed by atoms with Gasteiger partial charge in [0.2, 0.25) is 15.9 Å². The molecule has 2 aromatic heterocycles. The molecular formula is C26H34N4O6S2. The molecule has 38 heavy (non-hydrogen) atoms. The number of carbonyl (C=O) groups excluding carboxylic acids is 1. The Bertz CT molecular complexity index is 1490. The molecule has 1 fully saturated rings. The average molecular weight is 563 g/mol. The predicted molar refractivity (Wildman–Crippen MR) is 147 cm³/mol. The molecule has 1 aliphatic heterocycles. The van der Waals surface area contributed by atoms with Gasteiger partial charge in [-0.15, -0.1) is 11.3 Å². The summed E-state index contributed by atoms with van der Waals surface area (Å²) in [5.41, 5.74) is 0.416. The molecule has 1 saturated heterocycles. The van der Waals surface area contributed by atoms with Crippen LogP contribution in [-0.4, -0.2) is 62.0 Å². The number of amides is 1. The second-order valence-electron chi connectivity index (χ2n) is 9.90. The summed E-state index contributed by atoms with van der Waals surface area (Å²) < 4.78 is 40.6. The first-order valence-electron chi connectivity index (χ1n) is 12.5. The Labute approximate surface area is 226 Å². The van der Waals surface area contributed by atoms with Gasteiger partial charge < -0.3 is 14.8 Å². The van der Waals surface area contributed by atoms with Gasteiger partial charge in [0, 0.05) is 24.5 Å². The van der Waals surface area contributed by atoms with Gasteiger partial charge in [-0.2, -0.15) is 4.31 Å². The highest BCUT2D eigenvalue weighted by atomic mass is 32.2. The third-order valence-corrected chi connectivity index (χ3v) is 9.88. The van der Waals surface area contributed by atoms with Crippen LogP contribution in [0.2, 0.25) is 0 Å². The average Bonchev–Trinajstić information content (AvgIpc) is 3.22. The number of sulfonamides is 1. The Morgan fingerprint density at radius 3 is 2.50 bits per heavy atom. The minimum atomic E-state index is -3.89. The summed E-state index contributed by atoms with van der Waals surface area (Å²) in [6, 6.07) is 5.54. The van der Waals surface area contributed by atoms with E-state index < -0.39 is 15.6 Å². The number of hydrogen-bond acceptors (Lipinski definition) is 8. The fourth-order valence-corrected chi connectivity index (χ4v) is 8.41. The van der Waals surface area contributed by atoms with Crippen LogP contribution in [0, 0.1) is 18.8 Å². The number of fused-ring (bicyclic) bond motifs is 1. The number of nitrogens with one attached hydrogen (secondary N) is 1. The zero-order chi connectivity index (χ0) is 27.6. The monoisotopic (exact) mass is 562 g/mol. The summed E-state index contributed by atoms with van der Waals surface area (Å²) in [5.74, 6) is 1.32. The van der Waals surface area contributed by atoms with Crippen molar-refractivity contribution in [1.82, 2.24) is 19.2 Å². The largest absolute Gasteiger partial charge is 0.493 e. The Morgan fingerprint density at radius 2 is 1.84 bits per heavy atom. The maximum absolute atomic E-state index is 13.7. The molecule has 0 aliphatic carbocycles. The number of piperidine rings is 1. The smallest absolute Gasteiger partial charge is 0.263 e. The molecule has 0 radical (unpaired) electrons. The third-order valence-electron chi connectivity index (χ3n) is 6.73. The van der Waals surface area contributed by atoms with Crippen LogP contribution in [0.1, 0.15) is 30.7 Å². The van der Waals surface area contributed by atoms with E-state index in [2.05, 4.69) is 10.3 Å². The first-order chi connectivity index (χ1) is 18.0. The zero-order valence-corrected chi connectivity index (χ0v) is 23.9. The molecule has 1 amide bonds. The molecule has 3 heterocycles. The van der Waals surface area contributed by atoms with Crippen molar-refractivity contribution in [2.45, 2.75) is 45.1 Å². The fraction of sp³-hybridized carbons (Fsp3) is 0.500. The Morgan fingerprint density at radius 1 is 1.16 bits per heavy atom. The van der Waals surface area contributed by atoms with E-state index in [9.17, 15) is 18.0 Å². The van der Waals surface area contributed by atoms with Gasteiger partial charge in [0.25, 0.3) is 5.56 Å². The number of nitrogens with zero attached hydrogens (tertiary/aromatic N) is 3. The minimum absolute atomic E-state index is 0.0134. The van der Waals surface area contributed by atoms with Crippen LogP contribution in [0.4, 0.5) is 0 Å². The van der Waals surface area contributed by atoms with Gasteiger partial charge in [-0.05, 0) is 49.3 Å². The lowest BCUT2D eigenvalue weighted by Crippen LogP contribution is -2.43. The number of aryl methyl sites for hydroxylation is 1. The number of rotatable bonds is 9. The minimum Gasteiger partial charge on any atom is -0.493 e. The lowest BCUT2D eigenvalue weighted by atomic mass is 9.94. The second kappa shape index (κ2) is 11.4. The highest BCUT2D eigenvalue weighted by molar-refractivity contribution is 7.89. The van der Waals surface area contributed by atoms with Gasteiger partial charge in [-0.3, -0.25) is 14.2 Å². The first-order valence-corrected chi connectivity index (χ1v) is 14.8. The molecule has 0 saturated carbocycles. The molecule has 0 bridgehead atoms. The van der Waals surface area contributed by atoms with Crippen molar-refractivity contribution in [1.29, 1.82) is 0 Å². The number of ether oxygens (including phenoxy) is 2. The van der Waals surface area contributed by atoms with Crippen LogP contribution in [0.25, 0.3) is 10.2 Å². The first kappa shape index (κ1) is 28.1. The van der Waals surface area contributed by atoms with E-state index in [1.165, 1.54) is 26.5 Å². The van der Waals surface area contributed by atoms with Gasteiger partial charge in [-0.1, -0.05) is 19.9 Å². The molecule has 0 spiro atoms. The summed E-state index contributed by atoms with van der Waals surface area (Å²) in [4.78, 5) is 31.3. The van der Waals surface area contributed by atoms with Crippen molar-refractivity contribution >= 4 is 37.5 Å². The molecule has 206 valence electrons. The van der Waals surface area contributed by atoms with Crippen molar-refractivity contribution in [3.8, 4) is 11.5 Å². The van der Waals surface area contributed by atoms with E-state index in [4.69, 9.17) is 9.47 Å². The molecule has 10 nitrogen and oxygen atoms in total. The molecule has 3 aromatic rings. The molecule has 12 heteroatoms. The molecule has 1 N–H and O–H groups in total. The molecular weight excluding hydrogens is 528 g/mol. The summed E-state index contributed by atoms with van der Waals surface area (Å²) in [7, 11) is -0.768. The van der Waals surface area contributed by atoms with Crippen molar-refractivity contribution in [2.24, 2.45) is 11.8 Å². The van der Waals surface area contributed by atoms with E-state index in [-0.39, 0.29) is 34.6 Å². The van der Waals surface area contributed by atoms with E-state index >= 15 is 0 Å². The van der Waals surface area contributed by atoms with Gasteiger partial charge in [-0.25, -0.2) is 13.4 Å². The van der Waals surface area contributed by atoms with Crippen LogP contribution >= 0.6 is 11.3 Å². The summed E-state index contributed by atoms with van der Waals surface area (Å²) >= 11 is 1.18. The highest BCUT2D eigenvalue weighted by Crippen LogP contribution is 2.35. The van der Waals surface area contributed by atoms with Crippen molar-refractivity contribution in [3.05, 3.63) is 45.3 Å². The second-order valence-corrected chi connectivity index (χ2v) is 13.0. The lowest BCUT2D eigenvalue weighted by molar-refractivity contribution is -0.121. The van der Waals surface area contributed by atoms with E-state index in [1.807, 2.05) is 26.0 Å². The van der Waals surface area contributed by atoms with Crippen LogP contribution < -0.4 is 20.3 Å². The molecule has 1 aliphatic rings. The van der Waals surface area contributed by atoms with Gasteiger partial charge in [0.15, 0.2) is 11.5 Å². The molecule has 2 atom stereocenters. The molecule has 1 aromatic carbocycles. The van der Waals surface area contributed by atoms with Crippen LogP contribution in [0.15, 0.2) is 34.2 Å². The maximum Gasteiger partial charge on any atom is 0.263 e. The fourth-order valence-electron chi connectivity index (χ4n) is 5.06. The summed E-state index contributed by atoms with van der Waals surface area (Å²) in [6.07, 6.45) is 2.82. The summed E-state index contributed by atoms with van der Waals surface area (Å²) in [5, 5.41) is 2.86. The number of carbonyl (C=O) groups is 1. The van der Waals surface area contributed by atoms with Crippen molar-refractivity contribution in [3.63, 3.8) is 0 Å². The van der Waals surface area contributed by atoms with Crippen LogP contribution in [0.3, 0.4) is 0 Å². The Kier molecular flexibility index (Phi) is 8.43. The van der Waals surface area contributed by atoms with E-state index in [0.717, 1.165) is 12.0 Å².